The lowest BCUT2D eigenvalue weighted by Crippen LogP contribution is -2.24. The van der Waals surface area contributed by atoms with E-state index in [-0.39, 0.29) is 0 Å². The molecular weight excluding hydrogens is 306 g/mol. The van der Waals surface area contributed by atoms with Crippen molar-refractivity contribution in [1.82, 2.24) is 0 Å². The molecule has 0 bridgehead atoms. The summed E-state index contributed by atoms with van der Waals surface area (Å²) in [4.78, 5) is 2.33. The standard InChI is InChI=1S/C23H21NO/c1-2-23(25,19-9-4-3-5-10-19)20-12-14-21(15-13-20)24-17-16-18-8-6-7-11-22(18)24/h2-15,25H,1,16-17H2. The molecule has 3 aromatic carbocycles. The fraction of sp³-hybridized carbons (Fsp3) is 0.130. The molecule has 0 amide bonds. The molecule has 2 nitrogen and oxygen atoms in total. The van der Waals surface area contributed by atoms with Crippen LogP contribution in [0.25, 0.3) is 0 Å². The first-order chi connectivity index (χ1) is 12.2. The van der Waals surface area contributed by atoms with Crippen LogP contribution < -0.4 is 4.90 Å². The molecule has 1 atom stereocenters. The number of fused-ring (bicyclic) bond motifs is 1. The number of para-hydroxylation sites is 1. The molecule has 1 aliphatic heterocycles. The van der Waals surface area contributed by atoms with Crippen LogP contribution in [-0.2, 0) is 12.0 Å². The predicted octanol–water partition coefficient (Wildman–Crippen LogP) is 4.80. The van der Waals surface area contributed by atoms with E-state index in [0.717, 1.165) is 29.8 Å². The van der Waals surface area contributed by atoms with Crippen LogP contribution in [0.3, 0.4) is 0 Å². The molecule has 1 heterocycles. The Morgan fingerprint density at radius 1 is 0.840 bits per heavy atom. The van der Waals surface area contributed by atoms with Crippen LogP contribution in [0.1, 0.15) is 16.7 Å². The van der Waals surface area contributed by atoms with E-state index in [9.17, 15) is 5.11 Å². The van der Waals surface area contributed by atoms with Gasteiger partial charge in [0.15, 0.2) is 0 Å². The van der Waals surface area contributed by atoms with E-state index in [4.69, 9.17) is 0 Å². The highest BCUT2D eigenvalue weighted by Crippen LogP contribution is 2.36. The molecule has 0 fully saturated rings. The average molecular weight is 327 g/mol. The Morgan fingerprint density at radius 3 is 2.20 bits per heavy atom. The molecular formula is C23H21NO. The van der Waals surface area contributed by atoms with Crippen molar-refractivity contribution in [2.75, 3.05) is 11.4 Å². The van der Waals surface area contributed by atoms with E-state index in [1.807, 2.05) is 42.5 Å². The van der Waals surface area contributed by atoms with Crippen molar-refractivity contribution >= 4 is 11.4 Å². The molecule has 0 aliphatic carbocycles. The Bertz CT molecular complexity index is 885. The zero-order valence-corrected chi connectivity index (χ0v) is 14.1. The van der Waals surface area contributed by atoms with Crippen molar-refractivity contribution in [2.24, 2.45) is 0 Å². The number of hydrogen-bond donors (Lipinski definition) is 1. The Kier molecular flexibility index (Phi) is 3.90. The fourth-order valence-corrected chi connectivity index (χ4v) is 3.60. The minimum atomic E-state index is -1.18. The maximum absolute atomic E-state index is 11.1. The van der Waals surface area contributed by atoms with E-state index in [2.05, 4.69) is 47.9 Å². The zero-order chi connectivity index (χ0) is 17.3. The highest BCUT2D eigenvalue weighted by atomic mass is 16.3. The van der Waals surface area contributed by atoms with Gasteiger partial charge in [-0.25, -0.2) is 0 Å². The molecule has 0 saturated carbocycles. The Labute approximate surface area is 148 Å². The van der Waals surface area contributed by atoms with Crippen LogP contribution in [0, 0.1) is 0 Å². The summed E-state index contributed by atoms with van der Waals surface area (Å²) in [5, 5.41) is 11.1. The summed E-state index contributed by atoms with van der Waals surface area (Å²) in [5.41, 5.74) is 4.28. The van der Waals surface area contributed by atoms with Gasteiger partial charge in [0.2, 0.25) is 0 Å². The molecule has 124 valence electrons. The van der Waals surface area contributed by atoms with Gasteiger partial charge in [0, 0.05) is 17.9 Å². The summed E-state index contributed by atoms with van der Waals surface area (Å²) < 4.78 is 0. The second kappa shape index (κ2) is 6.23. The molecule has 4 rings (SSSR count). The Morgan fingerprint density at radius 2 is 1.48 bits per heavy atom. The normalized spacial score (nSPS) is 15.5. The predicted molar refractivity (Wildman–Crippen MR) is 103 cm³/mol. The SMILES string of the molecule is C=CC(O)(c1ccccc1)c1ccc(N2CCc3ccccc32)cc1. The molecule has 0 saturated heterocycles. The lowest BCUT2D eigenvalue weighted by molar-refractivity contribution is 0.135. The van der Waals surface area contributed by atoms with Crippen molar-refractivity contribution in [3.05, 3.63) is 108 Å². The van der Waals surface area contributed by atoms with Crippen LogP contribution >= 0.6 is 0 Å². The molecule has 0 spiro atoms. The van der Waals surface area contributed by atoms with Crippen molar-refractivity contribution in [3.8, 4) is 0 Å². The molecule has 3 aromatic rings. The van der Waals surface area contributed by atoms with Gasteiger partial charge in [0.1, 0.15) is 5.60 Å². The lowest BCUT2D eigenvalue weighted by atomic mass is 9.86. The third-order valence-electron chi connectivity index (χ3n) is 5.02. The first kappa shape index (κ1) is 15.7. The van der Waals surface area contributed by atoms with Gasteiger partial charge in [0.05, 0.1) is 0 Å². The molecule has 0 radical (unpaired) electrons. The minimum absolute atomic E-state index is 0.823. The summed E-state index contributed by atoms with van der Waals surface area (Å²) in [5.74, 6) is 0. The van der Waals surface area contributed by atoms with E-state index in [0.29, 0.717) is 0 Å². The zero-order valence-electron chi connectivity index (χ0n) is 14.1. The van der Waals surface area contributed by atoms with E-state index in [1.54, 1.807) is 6.08 Å². The van der Waals surface area contributed by atoms with Crippen LogP contribution in [0.5, 0.6) is 0 Å². The maximum Gasteiger partial charge on any atom is 0.133 e. The first-order valence-electron chi connectivity index (χ1n) is 8.60. The molecule has 25 heavy (non-hydrogen) atoms. The van der Waals surface area contributed by atoms with Gasteiger partial charge in [-0.15, -0.1) is 0 Å². The van der Waals surface area contributed by atoms with Crippen molar-refractivity contribution < 1.29 is 5.11 Å². The van der Waals surface area contributed by atoms with Crippen molar-refractivity contribution in [2.45, 2.75) is 12.0 Å². The van der Waals surface area contributed by atoms with Crippen LogP contribution in [0.4, 0.5) is 11.4 Å². The van der Waals surface area contributed by atoms with E-state index >= 15 is 0 Å². The maximum atomic E-state index is 11.1. The number of aliphatic hydroxyl groups is 1. The summed E-state index contributed by atoms with van der Waals surface area (Å²) in [6.07, 6.45) is 2.67. The van der Waals surface area contributed by atoms with Gasteiger partial charge in [-0.1, -0.05) is 73.3 Å². The highest BCUT2D eigenvalue weighted by molar-refractivity contribution is 5.70. The van der Waals surface area contributed by atoms with Crippen molar-refractivity contribution in [3.63, 3.8) is 0 Å². The van der Waals surface area contributed by atoms with Gasteiger partial charge in [-0.2, -0.15) is 0 Å². The van der Waals surface area contributed by atoms with Gasteiger partial charge in [-0.3, -0.25) is 0 Å². The molecule has 0 aromatic heterocycles. The Balaban J connectivity index is 1.68. The minimum Gasteiger partial charge on any atom is -0.377 e. The smallest absolute Gasteiger partial charge is 0.133 e. The number of nitrogens with zero attached hydrogens (tertiary/aromatic N) is 1. The number of rotatable bonds is 4. The van der Waals surface area contributed by atoms with Gasteiger partial charge in [0.25, 0.3) is 0 Å². The van der Waals surface area contributed by atoms with E-state index in [1.165, 1.54) is 11.3 Å². The summed E-state index contributed by atoms with van der Waals surface area (Å²) >= 11 is 0. The molecule has 1 unspecified atom stereocenters. The third-order valence-corrected chi connectivity index (χ3v) is 5.02. The molecule has 1 aliphatic rings. The number of hydrogen-bond acceptors (Lipinski definition) is 2. The number of benzene rings is 3. The summed E-state index contributed by atoms with van der Waals surface area (Å²) in [6.45, 7) is 4.84. The lowest BCUT2D eigenvalue weighted by Gasteiger charge is -2.27. The Hall–Kier alpha value is -2.84. The van der Waals surface area contributed by atoms with Crippen molar-refractivity contribution in [1.29, 1.82) is 0 Å². The first-order valence-corrected chi connectivity index (χ1v) is 8.60. The van der Waals surface area contributed by atoms with Crippen LogP contribution in [0.2, 0.25) is 0 Å². The monoisotopic (exact) mass is 327 g/mol. The molecule has 2 heteroatoms. The largest absolute Gasteiger partial charge is 0.377 e. The number of anilines is 2. The summed E-state index contributed by atoms with van der Waals surface area (Å²) in [7, 11) is 0. The molecule has 1 N–H and O–H groups in total. The quantitative estimate of drug-likeness (QED) is 0.696. The topological polar surface area (TPSA) is 23.5 Å². The van der Waals surface area contributed by atoms with E-state index < -0.39 is 5.60 Å². The van der Waals surface area contributed by atoms with Gasteiger partial charge >= 0.3 is 0 Å². The van der Waals surface area contributed by atoms with Crippen LogP contribution in [0.15, 0.2) is 91.5 Å². The van der Waals surface area contributed by atoms with Crippen LogP contribution in [-0.4, -0.2) is 11.7 Å². The third kappa shape index (κ3) is 2.65. The summed E-state index contributed by atoms with van der Waals surface area (Å²) in [6, 6.07) is 26.3. The average Bonchev–Trinajstić information content (AvgIpc) is 3.12. The second-order valence-electron chi connectivity index (χ2n) is 6.41. The second-order valence-corrected chi connectivity index (χ2v) is 6.41. The fourth-order valence-electron chi connectivity index (χ4n) is 3.60. The van der Waals surface area contributed by atoms with Gasteiger partial charge < -0.3 is 10.0 Å². The van der Waals surface area contributed by atoms with Gasteiger partial charge in [-0.05, 0) is 41.3 Å². The highest BCUT2D eigenvalue weighted by Gasteiger charge is 2.28.